The molecule has 0 unspecified atom stereocenters. The first-order valence-corrected chi connectivity index (χ1v) is 8.02. The van der Waals surface area contributed by atoms with Gasteiger partial charge in [-0.15, -0.1) is 22.9 Å². The van der Waals surface area contributed by atoms with Crippen molar-refractivity contribution in [1.29, 1.82) is 0 Å². The minimum absolute atomic E-state index is 0.484. The maximum absolute atomic E-state index is 12.4. The largest absolute Gasteiger partial charge is 0.435 e. The second-order valence-corrected chi connectivity index (χ2v) is 5.74. The highest BCUT2D eigenvalue weighted by Crippen LogP contribution is 2.32. The van der Waals surface area contributed by atoms with Crippen LogP contribution < -0.4 is 0 Å². The first kappa shape index (κ1) is 18.0. The summed E-state index contributed by atoms with van der Waals surface area (Å²) in [6.07, 6.45) is -0.651. The number of hydrogen-bond donors (Lipinski definition) is 0. The van der Waals surface area contributed by atoms with E-state index in [0.29, 0.717) is 5.69 Å². The van der Waals surface area contributed by atoms with E-state index in [9.17, 15) is 13.2 Å². The number of aromatic nitrogens is 2. The Hall–Kier alpha value is -1.01. The molecule has 0 bridgehead atoms. The number of rotatable bonds is 4. The molecule has 0 aromatic carbocycles. The Morgan fingerprint density at radius 2 is 2.05 bits per heavy atom. The second kappa shape index (κ2) is 8.44. The van der Waals surface area contributed by atoms with Gasteiger partial charge in [-0.3, -0.25) is 4.68 Å². The van der Waals surface area contributed by atoms with Crippen molar-refractivity contribution < 1.29 is 13.2 Å². The van der Waals surface area contributed by atoms with Crippen LogP contribution >= 0.6 is 22.9 Å². The van der Waals surface area contributed by atoms with Gasteiger partial charge in [-0.2, -0.15) is 18.3 Å². The summed E-state index contributed by atoms with van der Waals surface area (Å²) < 4.78 is 38.3. The Kier molecular flexibility index (Phi) is 7.25. The molecule has 0 fully saturated rings. The molecule has 0 aliphatic heterocycles. The SMILES string of the molecule is CCCCCCl.Cn1nc(C(F)(F)F)cc1-c1cccs1. The summed E-state index contributed by atoms with van der Waals surface area (Å²) in [5.41, 5.74) is -0.370. The topological polar surface area (TPSA) is 17.8 Å². The number of unbranched alkanes of at least 4 members (excludes halogenated alkanes) is 2. The summed E-state index contributed by atoms with van der Waals surface area (Å²) in [6, 6.07) is 4.62. The summed E-state index contributed by atoms with van der Waals surface area (Å²) in [5.74, 6) is 0.827. The normalized spacial score (nSPS) is 11.1. The van der Waals surface area contributed by atoms with Crippen LogP contribution in [0.5, 0.6) is 0 Å². The van der Waals surface area contributed by atoms with Crippen molar-refractivity contribution in [3.05, 3.63) is 29.3 Å². The lowest BCUT2D eigenvalue weighted by Crippen LogP contribution is -2.06. The van der Waals surface area contributed by atoms with Crippen molar-refractivity contribution in [3.8, 4) is 10.6 Å². The number of hydrogen-bond acceptors (Lipinski definition) is 2. The molecule has 2 heterocycles. The van der Waals surface area contributed by atoms with E-state index in [0.717, 1.165) is 16.8 Å². The van der Waals surface area contributed by atoms with Crippen LogP contribution in [0.25, 0.3) is 10.6 Å². The standard InChI is InChI=1S/C9H7F3N2S.C5H11Cl/c1-14-6(7-3-2-4-15-7)5-8(13-14)9(10,11)12;1-2-3-4-5-6/h2-5H,1H3;2-5H2,1H3. The maximum Gasteiger partial charge on any atom is 0.435 e. The molecule has 2 aromatic rings. The van der Waals surface area contributed by atoms with E-state index in [2.05, 4.69) is 12.0 Å². The first-order chi connectivity index (χ1) is 9.90. The predicted molar refractivity (Wildman–Crippen MR) is 81.8 cm³/mol. The smallest absolute Gasteiger partial charge is 0.267 e. The summed E-state index contributed by atoms with van der Waals surface area (Å²) >= 11 is 6.77. The van der Waals surface area contributed by atoms with Crippen molar-refractivity contribution >= 4 is 22.9 Å². The molecule has 0 saturated carbocycles. The molecule has 2 nitrogen and oxygen atoms in total. The van der Waals surface area contributed by atoms with E-state index in [1.807, 2.05) is 5.38 Å². The summed E-state index contributed by atoms with van der Waals surface area (Å²) in [7, 11) is 1.50. The first-order valence-electron chi connectivity index (χ1n) is 6.61. The Morgan fingerprint density at radius 3 is 2.43 bits per heavy atom. The highest BCUT2D eigenvalue weighted by atomic mass is 35.5. The third-order valence-corrected chi connectivity index (χ3v) is 3.84. The summed E-state index contributed by atoms with van der Waals surface area (Å²) in [6.45, 7) is 2.17. The monoisotopic (exact) mass is 338 g/mol. The predicted octanol–water partition coefficient (Wildman–Crippen LogP) is 5.58. The average molecular weight is 339 g/mol. The van der Waals surface area contributed by atoms with Crippen LogP contribution in [-0.4, -0.2) is 15.7 Å². The van der Waals surface area contributed by atoms with E-state index in [1.165, 1.54) is 42.3 Å². The molecule has 2 rings (SSSR count). The average Bonchev–Trinajstić information content (AvgIpc) is 3.04. The van der Waals surface area contributed by atoms with Crippen molar-refractivity contribution in [2.75, 3.05) is 5.88 Å². The number of nitrogens with zero attached hydrogens (tertiary/aromatic N) is 2. The molecule has 0 radical (unpaired) electrons. The lowest BCUT2D eigenvalue weighted by Gasteiger charge is -1.98. The highest BCUT2D eigenvalue weighted by molar-refractivity contribution is 7.13. The zero-order valence-corrected chi connectivity index (χ0v) is 13.5. The van der Waals surface area contributed by atoms with Crippen molar-refractivity contribution in [1.82, 2.24) is 9.78 Å². The number of aryl methyl sites for hydroxylation is 1. The third-order valence-electron chi connectivity index (χ3n) is 2.68. The van der Waals surface area contributed by atoms with Gasteiger partial charge in [-0.1, -0.05) is 25.8 Å². The Labute approximate surface area is 131 Å². The van der Waals surface area contributed by atoms with Crippen molar-refractivity contribution in [2.24, 2.45) is 7.05 Å². The van der Waals surface area contributed by atoms with Crippen molar-refractivity contribution in [2.45, 2.75) is 32.4 Å². The number of halogens is 4. The van der Waals surface area contributed by atoms with Crippen molar-refractivity contribution in [3.63, 3.8) is 0 Å². The molecule has 0 aliphatic carbocycles. The van der Waals surface area contributed by atoms with Crippen LogP contribution in [0.3, 0.4) is 0 Å². The molecular weight excluding hydrogens is 321 g/mol. The highest BCUT2D eigenvalue weighted by Gasteiger charge is 2.34. The van der Waals surface area contributed by atoms with E-state index in [4.69, 9.17) is 11.6 Å². The van der Waals surface area contributed by atoms with Gasteiger partial charge in [0.05, 0.1) is 10.6 Å². The van der Waals surface area contributed by atoms with Crippen LogP contribution in [0.2, 0.25) is 0 Å². The molecule has 0 amide bonds. The summed E-state index contributed by atoms with van der Waals surface area (Å²) in [5, 5.41) is 5.25. The van der Waals surface area contributed by atoms with Gasteiger partial charge in [0, 0.05) is 12.9 Å². The van der Waals surface area contributed by atoms with Crippen LogP contribution in [0, 0.1) is 0 Å². The molecule has 118 valence electrons. The lowest BCUT2D eigenvalue weighted by molar-refractivity contribution is -0.141. The minimum Gasteiger partial charge on any atom is -0.267 e. The quantitative estimate of drug-likeness (QED) is 0.525. The molecule has 0 atom stereocenters. The molecule has 0 spiro atoms. The zero-order chi connectivity index (χ0) is 15.9. The van der Waals surface area contributed by atoms with E-state index < -0.39 is 11.9 Å². The maximum atomic E-state index is 12.4. The van der Waals surface area contributed by atoms with Gasteiger partial charge in [-0.05, 0) is 23.9 Å². The van der Waals surface area contributed by atoms with E-state index >= 15 is 0 Å². The van der Waals surface area contributed by atoms with Crippen LogP contribution in [0.4, 0.5) is 13.2 Å². The van der Waals surface area contributed by atoms with Gasteiger partial charge in [0.1, 0.15) is 0 Å². The molecule has 0 N–H and O–H groups in total. The van der Waals surface area contributed by atoms with Gasteiger partial charge in [-0.25, -0.2) is 0 Å². The van der Waals surface area contributed by atoms with E-state index in [1.54, 1.807) is 12.1 Å². The van der Waals surface area contributed by atoms with Crippen LogP contribution in [0.15, 0.2) is 23.6 Å². The summed E-state index contributed by atoms with van der Waals surface area (Å²) in [4.78, 5) is 0.778. The van der Waals surface area contributed by atoms with E-state index in [-0.39, 0.29) is 0 Å². The molecule has 0 aliphatic rings. The van der Waals surface area contributed by atoms with Crippen LogP contribution in [0.1, 0.15) is 31.9 Å². The molecular formula is C14H18ClF3N2S. The fourth-order valence-corrected chi connectivity index (χ4v) is 2.57. The Balaban J connectivity index is 0.000000315. The molecule has 2 aromatic heterocycles. The van der Waals surface area contributed by atoms with Crippen LogP contribution in [-0.2, 0) is 13.2 Å². The fraction of sp³-hybridized carbons (Fsp3) is 0.500. The minimum atomic E-state index is -4.38. The lowest BCUT2D eigenvalue weighted by atomic mass is 10.3. The molecule has 0 saturated heterocycles. The van der Waals surface area contributed by atoms with Gasteiger partial charge < -0.3 is 0 Å². The third kappa shape index (κ3) is 5.71. The Morgan fingerprint density at radius 1 is 1.33 bits per heavy atom. The van der Waals surface area contributed by atoms with Gasteiger partial charge in [0.15, 0.2) is 5.69 Å². The van der Waals surface area contributed by atoms with Gasteiger partial charge >= 0.3 is 6.18 Å². The molecule has 21 heavy (non-hydrogen) atoms. The Bertz CT molecular complexity index is 517. The van der Waals surface area contributed by atoms with Gasteiger partial charge in [0.2, 0.25) is 0 Å². The molecule has 7 heteroatoms. The second-order valence-electron chi connectivity index (χ2n) is 4.41. The van der Waals surface area contributed by atoms with Gasteiger partial charge in [0.25, 0.3) is 0 Å². The zero-order valence-electron chi connectivity index (χ0n) is 12.0. The fourth-order valence-electron chi connectivity index (χ4n) is 1.61. The number of alkyl halides is 4. The number of thiophene rings is 1.